The summed E-state index contributed by atoms with van der Waals surface area (Å²) in [5, 5.41) is 3.05. The van der Waals surface area contributed by atoms with E-state index in [0.29, 0.717) is 31.2 Å². The Morgan fingerprint density at radius 1 is 0.889 bits per heavy atom. The molecule has 0 bridgehead atoms. The van der Waals surface area contributed by atoms with Crippen molar-refractivity contribution in [3.05, 3.63) is 101 Å². The summed E-state index contributed by atoms with van der Waals surface area (Å²) in [6, 6.07) is 23.0. The van der Waals surface area contributed by atoms with Crippen LogP contribution in [0, 0.1) is 26.7 Å². The Morgan fingerprint density at radius 3 is 2.28 bits per heavy atom. The first-order valence-corrected chi connectivity index (χ1v) is 12.6. The van der Waals surface area contributed by atoms with Gasteiger partial charge in [-0.1, -0.05) is 86.1 Å². The minimum Gasteiger partial charge on any atom is -0.483 e. The number of carbonyl (C=O) groups is 2. The summed E-state index contributed by atoms with van der Waals surface area (Å²) >= 11 is 0. The van der Waals surface area contributed by atoms with E-state index in [2.05, 4.69) is 25.2 Å². The molecule has 0 aromatic heterocycles. The average Bonchev–Trinajstić information content (AvgIpc) is 2.86. The zero-order valence-corrected chi connectivity index (χ0v) is 22.1. The minimum atomic E-state index is -0.665. The molecule has 0 fully saturated rings. The summed E-state index contributed by atoms with van der Waals surface area (Å²) in [4.78, 5) is 28.8. The van der Waals surface area contributed by atoms with E-state index in [1.165, 1.54) is 0 Å². The van der Waals surface area contributed by atoms with Gasteiger partial charge in [0.1, 0.15) is 11.8 Å². The molecule has 0 saturated heterocycles. The van der Waals surface area contributed by atoms with Crippen LogP contribution in [0.5, 0.6) is 5.75 Å². The van der Waals surface area contributed by atoms with E-state index in [1.807, 2.05) is 87.5 Å². The molecular weight excluding hydrogens is 448 g/mol. The summed E-state index contributed by atoms with van der Waals surface area (Å²) in [6.07, 6.45) is 0.422. The molecule has 0 aliphatic heterocycles. The lowest BCUT2D eigenvalue weighted by Crippen LogP contribution is -2.52. The molecule has 0 unspecified atom stereocenters. The molecule has 190 valence electrons. The number of carbonyl (C=O) groups excluding carboxylic acids is 2. The Hall–Kier alpha value is -3.60. The molecule has 0 aliphatic rings. The molecule has 0 heterocycles. The number of nitrogens with zero attached hydrogens (tertiary/aromatic N) is 1. The molecule has 3 rings (SSSR count). The van der Waals surface area contributed by atoms with E-state index in [0.717, 1.165) is 27.8 Å². The molecule has 5 heteroatoms. The van der Waals surface area contributed by atoms with Crippen LogP contribution in [0.3, 0.4) is 0 Å². The lowest BCUT2D eigenvalue weighted by molar-refractivity contribution is -0.142. The molecule has 3 aromatic carbocycles. The molecule has 0 saturated carbocycles. The number of hydrogen-bond acceptors (Lipinski definition) is 3. The molecule has 0 spiro atoms. The summed E-state index contributed by atoms with van der Waals surface area (Å²) in [5.74, 6) is 0.612. The molecule has 0 aliphatic carbocycles. The highest BCUT2D eigenvalue weighted by Gasteiger charge is 2.30. The van der Waals surface area contributed by atoms with Crippen molar-refractivity contribution >= 4 is 11.8 Å². The predicted octanol–water partition coefficient (Wildman–Crippen LogP) is 5.40. The highest BCUT2D eigenvalue weighted by Crippen LogP contribution is 2.21. The number of ether oxygens (including phenoxy) is 1. The van der Waals surface area contributed by atoms with Crippen molar-refractivity contribution in [3.63, 3.8) is 0 Å². The summed E-state index contributed by atoms with van der Waals surface area (Å²) in [7, 11) is 0. The highest BCUT2D eigenvalue weighted by molar-refractivity contribution is 5.88. The van der Waals surface area contributed by atoms with Gasteiger partial charge in [-0.05, 0) is 55.0 Å². The quantitative estimate of drug-likeness (QED) is 0.395. The van der Waals surface area contributed by atoms with E-state index >= 15 is 0 Å². The van der Waals surface area contributed by atoms with Gasteiger partial charge in [-0.25, -0.2) is 0 Å². The third kappa shape index (κ3) is 7.70. The fraction of sp³-hybridized carbons (Fsp3) is 0.355. The molecule has 5 nitrogen and oxygen atoms in total. The summed E-state index contributed by atoms with van der Waals surface area (Å²) < 4.78 is 5.98. The largest absolute Gasteiger partial charge is 0.483 e. The third-order valence-corrected chi connectivity index (χ3v) is 6.30. The van der Waals surface area contributed by atoms with Gasteiger partial charge in [0, 0.05) is 19.5 Å². The number of amides is 2. The van der Waals surface area contributed by atoms with Crippen LogP contribution in [-0.4, -0.2) is 35.9 Å². The van der Waals surface area contributed by atoms with Crippen LogP contribution in [0.25, 0.3) is 0 Å². The van der Waals surface area contributed by atoms with Crippen LogP contribution in [0.15, 0.2) is 72.8 Å². The van der Waals surface area contributed by atoms with Crippen molar-refractivity contribution in [2.75, 3.05) is 13.2 Å². The Morgan fingerprint density at radius 2 is 1.58 bits per heavy atom. The van der Waals surface area contributed by atoms with Gasteiger partial charge in [0.25, 0.3) is 5.91 Å². The topological polar surface area (TPSA) is 58.6 Å². The standard InChI is InChI=1S/C31H38N2O3/c1-22(2)19-32-31(35)28(18-26-13-7-6-8-14-26)33(20-27-15-9-11-23(3)17-27)30(34)21-36-29-16-10-12-24(4)25(29)5/h6-17,22,28H,18-21H2,1-5H3,(H,32,35)/t28-/m0/s1. The SMILES string of the molecule is Cc1cccc(CN(C(=O)COc2cccc(C)c2C)[C@@H](Cc2ccccc2)C(=O)NCC(C)C)c1. The Balaban J connectivity index is 1.92. The van der Waals surface area contributed by atoms with Gasteiger partial charge in [0.15, 0.2) is 6.61 Å². The maximum atomic E-state index is 13.7. The fourth-order valence-electron chi connectivity index (χ4n) is 4.09. The van der Waals surface area contributed by atoms with Gasteiger partial charge in [-0.2, -0.15) is 0 Å². The first-order valence-electron chi connectivity index (χ1n) is 12.6. The highest BCUT2D eigenvalue weighted by atomic mass is 16.5. The van der Waals surface area contributed by atoms with Crippen LogP contribution in [-0.2, 0) is 22.6 Å². The van der Waals surface area contributed by atoms with E-state index in [9.17, 15) is 9.59 Å². The van der Waals surface area contributed by atoms with Crippen LogP contribution >= 0.6 is 0 Å². The van der Waals surface area contributed by atoms with Crippen molar-refractivity contribution in [3.8, 4) is 5.75 Å². The number of nitrogens with one attached hydrogen (secondary N) is 1. The number of benzene rings is 3. The first kappa shape index (κ1) is 27.0. The maximum absolute atomic E-state index is 13.7. The molecule has 36 heavy (non-hydrogen) atoms. The minimum absolute atomic E-state index is 0.140. The van der Waals surface area contributed by atoms with Gasteiger partial charge in [0.05, 0.1) is 0 Å². The zero-order chi connectivity index (χ0) is 26.1. The smallest absolute Gasteiger partial charge is 0.261 e. The molecule has 1 atom stereocenters. The Bertz CT molecular complexity index is 1160. The van der Waals surface area contributed by atoms with E-state index < -0.39 is 6.04 Å². The van der Waals surface area contributed by atoms with Crippen molar-refractivity contribution in [2.45, 2.75) is 53.6 Å². The second kappa shape index (κ2) is 12.9. The van der Waals surface area contributed by atoms with Crippen molar-refractivity contribution < 1.29 is 14.3 Å². The zero-order valence-electron chi connectivity index (χ0n) is 22.1. The average molecular weight is 487 g/mol. The van der Waals surface area contributed by atoms with Gasteiger partial charge in [-0.3, -0.25) is 9.59 Å². The molecule has 0 radical (unpaired) electrons. The van der Waals surface area contributed by atoms with Crippen molar-refractivity contribution in [2.24, 2.45) is 5.92 Å². The Labute approximate surface area is 215 Å². The molecule has 3 aromatic rings. The van der Waals surface area contributed by atoms with E-state index in [-0.39, 0.29) is 18.4 Å². The van der Waals surface area contributed by atoms with E-state index in [1.54, 1.807) is 4.90 Å². The van der Waals surface area contributed by atoms with Crippen LogP contribution in [0.1, 0.15) is 41.7 Å². The van der Waals surface area contributed by atoms with Gasteiger partial charge < -0.3 is 15.0 Å². The van der Waals surface area contributed by atoms with E-state index in [4.69, 9.17) is 4.74 Å². The van der Waals surface area contributed by atoms with Gasteiger partial charge in [0.2, 0.25) is 5.91 Å². The lowest BCUT2D eigenvalue weighted by Gasteiger charge is -2.32. The first-order chi connectivity index (χ1) is 17.2. The van der Waals surface area contributed by atoms with Crippen LogP contribution < -0.4 is 10.1 Å². The third-order valence-electron chi connectivity index (χ3n) is 6.30. The van der Waals surface area contributed by atoms with Crippen molar-refractivity contribution in [1.29, 1.82) is 0 Å². The maximum Gasteiger partial charge on any atom is 0.261 e. The van der Waals surface area contributed by atoms with Crippen LogP contribution in [0.2, 0.25) is 0 Å². The number of aryl methyl sites for hydroxylation is 2. The fourth-order valence-corrected chi connectivity index (χ4v) is 4.09. The Kier molecular flexibility index (Phi) is 9.69. The monoisotopic (exact) mass is 486 g/mol. The van der Waals surface area contributed by atoms with Gasteiger partial charge in [-0.15, -0.1) is 0 Å². The number of rotatable bonds is 11. The summed E-state index contributed by atoms with van der Waals surface area (Å²) in [6.45, 7) is 10.9. The molecule has 1 N–H and O–H groups in total. The lowest BCUT2D eigenvalue weighted by atomic mass is 10.0. The number of hydrogen-bond donors (Lipinski definition) is 1. The predicted molar refractivity (Wildman–Crippen MR) is 145 cm³/mol. The normalized spacial score (nSPS) is 11.7. The van der Waals surface area contributed by atoms with Crippen molar-refractivity contribution in [1.82, 2.24) is 10.2 Å². The second-order valence-corrected chi connectivity index (χ2v) is 9.84. The summed E-state index contributed by atoms with van der Waals surface area (Å²) in [5.41, 5.74) is 5.19. The second-order valence-electron chi connectivity index (χ2n) is 9.84. The molecular formula is C31H38N2O3. The van der Waals surface area contributed by atoms with Gasteiger partial charge >= 0.3 is 0 Å². The molecule has 2 amide bonds. The van der Waals surface area contributed by atoms with Crippen LogP contribution in [0.4, 0.5) is 0 Å².